The van der Waals surface area contributed by atoms with Gasteiger partial charge in [-0.2, -0.15) is 0 Å². The lowest BCUT2D eigenvalue weighted by Gasteiger charge is -2.34. The summed E-state index contributed by atoms with van der Waals surface area (Å²) in [6.45, 7) is 3.51. The normalized spacial score (nSPS) is 23.9. The molecule has 110 valence electrons. The maximum atomic E-state index is 12.0. The van der Waals surface area contributed by atoms with E-state index in [-0.39, 0.29) is 11.3 Å². The predicted molar refractivity (Wildman–Crippen MR) is 77.1 cm³/mol. The van der Waals surface area contributed by atoms with Crippen LogP contribution in [0.4, 0.5) is 5.82 Å². The van der Waals surface area contributed by atoms with Crippen LogP contribution in [0, 0.1) is 6.92 Å². The average Bonchev–Trinajstić information content (AvgIpc) is 3.23. The Morgan fingerprint density at radius 1 is 1.25 bits per heavy atom. The van der Waals surface area contributed by atoms with Crippen molar-refractivity contribution in [3.8, 4) is 0 Å². The van der Waals surface area contributed by atoms with Crippen molar-refractivity contribution in [3.05, 3.63) is 18.1 Å². The molecule has 1 N–H and O–H groups in total. The van der Waals surface area contributed by atoms with Crippen LogP contribution < -0.4 is 9.62 Å². The molecule has 1 aromatic heterocycles. The van der Waals surface area contributed by atoms with E-state index >= 15 is 0 Å². The van der Waals surface area contributed by atoms with Crippen molar-refractivity contribution in [2.45, 2.75) is 43.9 Å². The lowest BCUT2D eigenvalue weighted by Crippen LogP contribution is -2.49. The summed E-state index contributed by atoms with van der Waals surface area (Å²) in [5.74, 6) is 0.864. The SMILES string of the molecule is Cc1nccnc1N1CCCC(NS(=O)(=O)C2CC2)C1. The number of sulfonamides is 1. The smallest absolute Gasteiger partial charge is 0.214 e. The fraction of sp³-hybridized carbons (Fsp3) is 0.692. The number of aromatic nitrogens is 2. The molecule has 0 bridgehead atoms. The zero-order valence-electron chi connectivity index (χ0n) is 11.6. The first-order valence-electron chi connectivity index (χ1n) is 7.10. The van der Waals surface area contributed by atoms with Gasteiger partial charge >= 0.3 is 0 Å². The van der Waals surface area contributed by atoms with Gasteiger partial charge < -0.3 is 4.90 Å². The van der Waals surface area contributed by atoms with Gasteiger partial charge in [-0.1, -0.05) is 0 Å². The lowest BCUT2D eigenvalue weighted by atomic mass is 10.1. The fourth-order valence-electron chi connectivity index (χ4n) is 2.68. The first-order chi connectivity index (χ1) is 9.56. The van der Waals surface area contributed by atoms with Gasteiger partial charge in [0.15, 0.2) is 0 Å². The number of rotatable bonds is 4. The van der Waals surface area contributed by atoms with Gasteiger partial charge in [0.05, 0.1) is 10.9 Å². The highest BCUT2D eigenvalue weighted by Crippen LogP contribution is 2.28. The van der Waals surface area contributed by atoms with Crippen molar-refractivity contribution < 1.29 is 8.42 Å². The van der Waals surface area contributed by atoms with Crippen LogP contribution in [-0.4, -0.2) is 42.8 Å². The van der Waals surface area contributed by atoms with E-state index in [0.29, 0.717) is 6.54 Å². The van der Waals surface area contributed by atoms with Crippen molar-refractivity contribution >= 4 is 15.8 Å². The second kappa shape index (κ2) is 5.29. The Hall–Kier alpha value is -1.21. The van der Waals surface area contributed by atoms with E-state index in [2.05, 4.69) is 19.6 Å². The fourth-order valence-corrected chi connectivity index (χ4v) is 4.29. The molecule has 0 radical (unpaired) electrons. The van der Waals surface area contributed by atoms with Gasteiger partial charge in [-0.25, -0.2) is 18.1 Å². The van der Waals surface area contributed by atoms with Gasteiger partial charge in [-0.3, -0.25) is 4.98 Å². The molecule has 7 heteroatoms. The van der Waals surface area contributed by atoms with Crippen LogP contribution in [0.25, 0.3) is 0 Å². The number of piperidine rings is 1. The minimum atomic E-state index is -3.12. The predicted octanol–water partition coefficient (Wildman–Crippen LogP) is 0.836. The molecular formula is C13H20N4O2S. The summed E-state index contributed by atoms with van der Waals surface area (Å²) in [6, 6.07) is -0.0178. The van der Waals surface area contributed by atoms with E-state index in [1.165, 1.54) is 0 Å². The standard InChI is InChI=1S/C13H20N4O2S/c1-10-13(15-7-6-14-10)17-8-2-3-11(9-17)16-20(18,19)12-4-5-12/h6-7,11-12,16H,2-5,8-9H2,1H3. The topological polar surface area (TPSA) is 75.2 Å². The van der Waals surface area contributed by atoms with Crippen LogP contribution in [-0.2, 0) is 10.0 Å². The maximum absolute atomic E-state index is 12.0. The second-order valence-electron chi connectivity index (χ2n) is 5.61. The Morgan fingerprint density at radius 2 is 2.00 bits per heavy atom. The highest BCUT2D eigenvalue weighted by molar-refractivity contribution is 7.90. The number of hydrogen-bond acceptors (Lipinski definition) is 5. The molecule has 0 amide bonds. The summed E-state index contributed by atoms with van der Waals surface area (Å²) in [5.41, 5.74) is 0.887. The Morgan fingerprint density at radius 3 is 2.70 bits per heavy atom. The van der Waals surface area contributed by atoms with Crippen molar-refractivity contribution in [2.75, 3.05) is 18.0 Å². The molecule has 0 spiro atoms. The van der Waals surface area contributed by atoms with Crippen LogP contribution >= 0.6 is 0 Å². The Kier molecular flexibility index (Phi) is 3.64. The van der Waals surface area contributed by atoms with Crippen LogP contribution in [0.3, 0.4) is 0 Å². The molecule has 6 nitrogen and oxygen atoms in total. The van der Waals surface area contributed by atoms with Crippen molar-refractivity contribution in [1.29, 1.82) is 0 Å². The van der Waals surface area contributed by atoms with E-state index in [9.17, 15) is 8.42 Å². The van der Waals surface area contributed by atoms with Crippen LogP contribution in [0.2, 0.25) is 0 Å². The van der Waals surface area contributed by atoms with Gasteiger partial charge in [0.2, 0.25) is 10.0 Å². The van der Waals surface area contributed by atoms with E-state index < -0.39 is 10.0 Å². The molecule has 1 saturated carbocycles. The number of nitrogens with zero attached hydrogens (tertiary/aromatic N) is 3. The molecule has 2 aliphatic rings. The highest BCUT2D eigenvalue weighted by Gasteiger charge is 2.37. The van der Waals surface area contributed by atoms with E-state index in [1.807, 2.05) is 6.92 Å². The quantitative estimate of drug-likeness (QED) is 0.891. The number of aryl methyl sites for hydroxylation is 1. The van der Waals surface area contributed by atoms with E-state index in [4.69, 9.17) is 0 Å². The molecule has 0 aromatic carbocycles. The molecule has 1 aliphatic heterocycles. The average molecular weight is 296 g/mol. The molecule has 1 unspecified atom stereocenters. The first-order valence-corrected chi connectivity index (χ1v) is 8.64. The monoisotopic (exact) mass is 296 g/mol. The van der Waals surface area contributed by atoms with E-state index in [1.54, 1.807) is 12.4 Å². The minimum Gasteiger partial charge on any atom is -0.354 e. The molecule has 1 saturated heterocycles. The van der Waals surface area contributed by atoms with Crippen molar-refractivity contribution in [2.24, 2.45) is 0 Å². The van der Waals surface area contributed by atoms with E-state index in [0.717, 1.165) is 43.7 Å². The summed E-state index contributed by atoms with van der Waals surface area (Å²) in [4.78, 5) is 10.7. The molecule has 1 aromatic rings. The van der Waals surface area contributed by atoms with Crippen LogP contribution in [0.15, 0.2) is 12.4 Å². The van der Waals surface area contributed by atoms with Gasteiger partial charge in [-0.15, -0.1) is 0 Å². The third-order valence-corrected chi connectivity index (χ3v) is 5.88. The maximum Gasteiger partial charge on any atom is 0.214 e. The zero-order chi connectivity index (χ0) is 14.2. The van der Waals surface area contributed by atoms with Gasteiger partial charge in [0.25, 0.3) is 0 Å². The third kappa shape index (κ3) is 2.93. The molecule has 1 aliphatic carbocycles. The lowest BCUT2D eigenvalue weighted by molar-refractivity contribution is 0.463. The minimum absolute atomic E-state index is 0.0178. The number of hydrogen-bond donors (Lipinski definition) is 1. The number of anilines is 1. The summed E-state index contributed by atoms with van der Waals surface area (Å²) < 4.78 is 26.9. The molecular weight excluding hydrogens is 276 g/mol. The zero-order valence-corrected chi connectivity index (χ0v) is 12.4. The molecule has 2 fully saturated rings. The summed E-state index contributed by atoms with van der Waals surface area (Å²) in [5, 5.41) is -0.156. The summed E-state index contributed by atoms with van der Waals surface area (Å²) in [7, 11) is -3.12. The molecule has 20 heavy (non-hydrogen) atoms. The molecule has 2 heterocycles. The van der Waals surface area contributed by atoms with Gasteiger partial charge in [0.1, 0.15) is 5.82 Å². The first kappa shape index (κ1) is 13.8. The van der Waals surface area contributed by atoms with Gasteiger partial charge in [0, 0.05) is 31.5 Å². The highest BCUT2D eigenvalue weighted by atomic mass is 32.2. The molecule has 3 rings (SSSR count). The Labute approximate surface area is 119 Å². The van der Waals surface area contributed by atoms with Crippen molar-refractivity contribution in [3.63, 3.8) is 0 Å². The summed E-state index contributed by atoms with van der Waals surface area (Å²) in [6.07, 6.45) is 6.82. The Bertz CT molecular complexity index is 586. The Balaban J connectivity index is 1.69. The summed E-state index contributed by atoms with van der Waals surface area (Å²) >= 11 is 0. The van der Waals surface area contributed by atoms with Crippen molar-refractivity contribution in [1.82, 2.24) is 14.7 Å². The number of nitrogens with one attached hydrogen (secondary N) is 1. The molecule has 1 atom stereocenters. The van der Waals surface area contributed by atoms with Crippen LogP contribution in [0.5, 0.6) is 0 Å². The van der Waals surface area contributed by atoms with Gasteiger partial charge in [-0.05, 0) is 32.6 Å². The van der Waals surface area contributed by atoms with Crippen LogP contribution in [0.1, 0.15) is 31.4 Å². The third-order valence-electron chi connectivity index (χ3n) is 3.87. The second-order valence-corrected chi connectivity index (χ2v) is 7.61. The largest absolute Gasteiger partial charge is 0.354 e.